The zero-order valence-corrected chi connectivity index (χ0v) is 14.5. The minimum atomic E-state index is 0.453. The average molecular weight is 359 g/mol. The van der Waals surface area contributed by atoms with Crippen LogP contribution in [-0.2, 0) is 11.3 Å². The first-order chi connectivity index (χ1) is 10.7. The molecule has 8 heteroatoms. The van der Waals surface area contributed by atoms with Gasteiger partial charge in [-0.3, -0.25) is 0 Å². The van der Waals surface area contributed by atoms with Crippen LogP contribution in [0.1, 0.15) is 5.82 Å². The molecule has 0 saturated carbocycles. The average Bonchev–Trinajstić information content (AvgIpc) is 2.99. The lowest BCUT2D eigenvalue weighted by molar-refractivity contribution is 0.179. The molecular weight excluding hydrogens is 343 g/mol. The van der Waals surface area contributed by atoms with E-state index in [-0.39, 0.29) is 0 Å². The second-order valence-corrected chi connectivity index (χ2v) is 6.49. The number of anilines is 2. The van der Waals surface area contributed by atoms with E-state index in [0.717, 1.165) is 42.8 Å². The van der Waals surface area contributed by atoms with Gasteiger partial charge in [-0.15, -0.1) is 0 Å². The van der Waals surface area contributed by atoms with Crippen LogP contribution in [0.15, 0.2) is 18.2 Å². The molecule has 22 heavy (non-hydrogen) atoms. The fraction of sp³-hybridized carbons (Fsp3) is 0.429. The molecule has 118 valence electrons. The van der Waals surface area contributed by atoms with Crippen LogP contribution in [0.5, 0.6) is 0 Å². The summed E-state index contributed by atoms with van der Waals surface area (Å²) in [7, 11) is 1.65. The topological polar surface area (TPSA) is 41.5 Å². The molecule has 0 unspecified atom stereocenters. The first-order valence-electron chi connectivity index (χ1n) is 6.94. The molecule has 1 aromatic carbocycles. The van der Waals surface area contributed by atoms with Gasteiger partial charge in [-0.25, -0.2) is 4.98 Å². The van der Waals surface area contributed by atoms with Gasteiger partial charge in [0.25, 0.3) is 0 Å². The summed E-state index contributed by atoms with van der Waals surface area (Å²) in [5.41, 5.74) is 0.992. The van der Waals surface area contributed by atoms with Crippen molar-refractivity contribution in [3.8, 4) is 0 Å². The van der Waals surface area contributed by atoms with E-state index in [9.17, 15) is 0 Å². The van der Waals surface area contributed by atoms with E-state index in [1.807, 2.05) is 18.2 Å². The van der Waals surface area contributed by atoms with E-state index < -0.39 is 0 Å². The molecule has 1 aliphatic rings. The largest absolute Gasteiger partial charge is 0.377 e. The molecule has 1 aromatic heterocycles. The Morgan fingerprint density at radius 2 is 1.91 bits per heavy atom. The number of aromatic nitrogens is 2. The van der Waals surface area contributed by atoms with Crippen LogP contribution >= 0.6 is 34.7 Å². The summed E-state index contributed by atoms with van der Waals surface area (Å²) >= 11 is 13.8. The third-order valence-corrected chi connectivity index (χ3v) is 5.18. The summed E-state index contributed by atoms with van der Waals surface area (Å²) < 4.78 is 9.35. The van der Waals surface area contributed by atoms with Crippen LogP contribution in [0.25, 0.3) is 0 Å². The fourth-order valence-electron chi connectivity index (χ4n) is 2.44. The van der Waals surface area contributed by atoms with Gasteiger partial charge in [0.2, 0.25) is 5.13 Å². The zero-order chi connectivity index (χ0) is 15.5. The van der Waals surface area contributed by atoms with Crippen LogP contribution in [0.4, 0.5) is 10.8 Å². The lowest BCUT2D eigenvalue weighted by Gasteiger charge is -2.36. The van der Waals surface area contributed by atoms with Gasteiger partial charge in [-0.1, -0.05) is 29.3 Å². The Kier molecular flexibility index (Phi) is 5.03. The van der Waals surface area contributed by atoms with Crippen LogP contribution in [0.2, 0.25) is 10.0 Å². The second-order valence-electron chi connectivity index (χ2n) is 4.97. The van der Waals surface area contributed by atoms with E-state index in [1.165, 1.54) is 11.5 Å². The van der Waals surface area contributed by atoms with Crippen molar-refractivity contribution >= 4 is 45.6 Å². The summed E-state index contributed by atoms with van der Waals surface area (Å²) in [6.07, 6.45) is 0. The molecule has 0 radical (unpaired) electrons. The number of rotatable bonds is 4. The fourth-order valence-corrected chi connectivity index (χ4v) is 3.58. The van der Waals surface area contributed by atoms with Gasteiger partial charge in [0.05, 0.1) is 15.7 Å². The molecule has 5 nitrogen and oxygen atoms in total. The van der Waals surface area contributed by atoms with E-state index >= 15 is 0 Å². The van der Waals surface area contributed by atoms with Crippen molar-refractivity contribution < 1.29 is 4.74 Å². The van der Waals surface area contributed by atoms with Gasteiger partial charge < -0.3 is 14.5 Å². The normalized spacial score (nSPS) is 15.4. The molecule has 1 saturated heterocycles. The Morgan fingerprint density at radius 3 is 2.64 bits per heavy atom. The number of benzene rings is 1. The van der Waals surface area contributed by atoms with Crippen LogP contribution in [0.3, 0.4) is 0 Å². The molecule has 0 spiro atoms. The van der Waals surface area contributed by atoms with Crippen LogP contribution in [0, 0.1) is 0 Å². The third kappa shape index (κ3) is 3.30. The van der Waals surface area contributed by atoms with Gasteiger partial charge in [0, 0.05) is 44.8 Å². The van der Waals surface area contributed by atoms with Gasteiger partial charge >= 0.3 is 0 Å². The molecule has 0 N–H and O–H groups in total. The van der Waals surface area contributed by atoms with Crippen molar-refractivity contribution in [3.05, 3.63) is 34.1 Å². The van der Waals surface area contributed by atoms with Gasteiger partial charge in [0.15, 0.2) is 5.82 Å². The van der Waals surface area contributed by atoms with E-state index in [1.54, 1.807) is 7.11 Å². The highest BCUT2D eigenvalue weighted by Gasteiger charge is 2.22. The number of methoxy groups -OCH3 is 1. The highest BCUT2D eigenvalue weighted by Crippen LogP contribution is 2.33. The van der Waals surface area contributed by atoms with Crippen molar-refractivity contribution in [1.82, 2.24) is 9.36 Å². The lowest BCUT2D eigenvalue weighted by atomic mass is 10.2. The minimum absolute atomic E-state index is 0.453. The van der Waals surface area contributed by atoms with E-state index in [4.69, 9.17) is 27.9 Å². The Labute approximate surface area is 143 Å². The number of halogens is 2. The Balaban J connectivity index is 1.65. The summed E-state index contributed by atoms with van der Waals surface area (Å²) in [5.74, 6) is 0.739. The maximum atomic E-state index is 6.30. The quantitative estimate of drug-likeness (QED) is 0.838. The second kappa shape index (κ2) is 7.00. The van der Waals surface area contributed by atoms with Gasteiger partial charge in [0.1, 0.15) is 6.61 Å². The number of hydrogen-bond acceptors (Lipinski definition) is 6. The number of ether oxygens (including phenoxy) is 1. The molecule has 2 heterocycles. The zero-order valence-electron chi connectivity index (χ0n) is 12.1. The monoisotopic (exact) mass is 358 g/mol. The van der Waals surface area contributed by atoms with Crippen molar-refractivity contribution in [1.29, 1.82) is 0 Å². The predicted molar refractivity (Wildman–Crippen MR) is 91.5 cm³/mol. The number of hydrogen-bond donors (Lipinski definition) is 0. The van der Waals surface area contributed by atoms with Crippen LogP contribution in [-0.4, -0.2) is 42.6 Å². The number of piperazine rings is 1. The molecule has 0 aliphatic carbocycles. The van der Waals surface area contributed by atoms with Crippen LogP contribution < -0.4 is 9.80 Å². The summed E-state index contributed by atoms with van der Waals surface area (Å²) in [4.78, 5) is 8.99. The van der Waals surface area contributed by atoms with Crippen molar-refractivity contribution in [2.45, 2.75) is 6.61 Å². The molecular formula is C14H16Cl2N4OS. The van der Waals surface area contributed by atoms with Crippen molar-refractivity contribution in [2.24, 2.45) is 0 Å². The molecule has 3 rings (SSSR count). The summed E-state index contributed by atoms with van der Waals surface area (Å²) in [6.45, 7) is 3.96. The van der Waals surface area contributed by atoms with E-state index in [0.29, 0.717) is 16.7 Å². The Bertz CT molecular complexity index is 644. The maximum absolute atomic E-state index is 6.30. The summed E-state index contributed by atoms with van der Waals surface area (Å²) in [6, 6.07) is 5.74. The molecule has 1 aliphatic heterocycles. The predicted octanol–water partition coefficient (Wildman–Crippen LogP) is 3.32. The van der Waals surface area contributed by atoms with E-state index in [2.05, 4.69) is 19.2 Å². The molecule has 1 fully saturated rings. The standard InChI is InChI=1S/C14H16Cl2N4OS/c1-21-9-12-17-14(22-18-12)20-7-5-19(6-8-20)11-4-2-3-10(15)13(11)16/h2-4H,5-9H2,1H3. The Morgan fingerprint density at radius 1 is 1.18 bits per heavy atom. The Hall–Kier alpha value is -1.08. The SMILES string of the molecule is COCc1nsc(N2CCN(c3cccc(Cl)c3Cl)CC2)n1. The first-order valence-corrected chi connectivity index (χ1v) is 8.47. The minimum Gasteiger partial charge on any atom is -0.377 e. The highest BCUT2D eigenvalue weighted by atomic mass is 35.5. The van der Waals surface area contributed by atoms with Crippen molar-refractivity contribution in [2.75, 3.05) is 43.1 Å². The first kappa shape index (κ1) is 15.8. The van der Waals surface area contributed by atoms with Gasteiger partial charge in [-0.05, 0) is 12.1 Å². The maximum Gasteiger partial charge on any atom is 0.205 e. The summed E-state index contributed by atoms with van der Waals surface area (Å²) in [5, 5.41) is 2.16. The molecule has 0 atom stereocenters. The molecule has 0 bridgehead atoms. The highest BCUT2D eigenvalue weighted by molar-refractivity contribution is 7.09. The van der Waals surface area contributed by atoms with Gasteiger partial charge in [-0.2, -0.15) is 4.37 Å². The smallest absolute Gasteiger partial charge is 0.205 e. The third-order valence-electron chi connectivity index (χ3n) is 3.55. The lowest BCUT2D eigenvalue weighted by Crippen LogP contribution is -2.46. The van der Waals surface area contributed by atoms with Crippen molar-refractivity contribution in [3.63, 3.8) is 0 Å². The molecule has 2 aromatic rings. The molecule has 0 amide bonds. The number of nitrogens with zero attached hydrogens (tertiary/aromatic N) is 4.